The molecule has 0 spiro atoms. The largest absolute Gasteiger partial charge is 0.292 e. The van der Waals surface area contributed by atoms with Crippen LogP contribution in [0.2, 0.25) is 0 Å². The summed E-state index contributed by atoms with van der Waals surface area (Å²) in [6, 6.07) is 12.4. The molecule has 2 aromatic rings. The van der Waals surface area contributed by atoms with Gasteiger partial charge in [0, 0.05) is 30.7 Å². The number of carbonyl (C=O) groups is 1. The molecule has 1 amide bonds. The first-order chi connectivity index (χ1) is 14.3. The molecule has 3 rings (SSSR count). The maximum Gasteiger partial charge on any atom is 0.254 e. The Hall–Kier alpha value is -2.14. The van der Waals surface area contributed by atoms with Crippen LogP contribution in [-0.4, -0.2) is 62.0 Å². The number of benzene rings is 2. The van der Waals surface area contributed by atoms with Gasteiger partial charge in [0.05, 0.1) is 17.2 Å². The molecule has 1 fully saturated rings. The van der Waals surface area contributed by atoms with Crippen LogP contribution >= 0.6 is 15.9 Å². The number of nitrogens with zero attached hydrogens (tertiary/aromatic N) is 3. The van der Waals surface area contributed by atoms with E-state index in [4.69, 9.17) is 0 Å². The van der Waals surface area contributed by atoms with Crippen molar-refractivity contribution in [2.75, 3.05) is 32.7 Å². The van der Waals surface area contributed by atoms with Crippen LogP contribution in [0.3, 0.4) is 0 Å². The van der Waals surface area contributed by atoms with Gasteiger partial charge in [-0.15, -0.1) is 0 Å². The summed E-state index contributed by atoms with van der Waals surface area (Å²) in [7, 11) is -3.55. The number of sulfonamides is 1. The van der Waals surface area contributed by atoms with E-state index in [1.165, 1.54) is 16.4 Å². The fourth-order valence-corrected chi connectivity index (χ4v) is 4.71. The smallest absolute Gasteiger partial charge is 0.254 e. The number of rotatable bonds is 6. The number of carbonyl (C=O) groups excluding carboxylic acids is 1. The van der Waals surface area contributed by atoms with Crippen molar-refractivity contribution < 1.29 is 17.6 Å². The second kappa shape index (κ2) is 9.78. The molecule has 2 aromatic carbocycles. The molecule has 7 nitrogen and oxygen atoms in total. The summed E-state index contributed by atoms with van der Waals surface area (Å²) in [6.45, 7) is 3.35. The molecular formula is C20H22BrFN4O3S. The number of hydrazone groups is 1. The molecule has 0 saturated carbocycles. The molecule has 1 aliphatic rings. The molecule has 0 aromatic heterocycles. The van der Waals surface area contributed by atoms with Gasteiger partial charge in [-0.25, -0.2) is 18.2 Å². The molecule has 0 atom stereocenters. The van der Waals surface area contributed by atoms with Gasteiger partial charge in [0.1, 0.15) is 5.82 Å². The first kappa shape index (κ1) is 22.5. The second-order valence-corrected chi connectivity index (χ2v) is 9.73. The van der Waals surface area contributed by atoms with E-state index in [0.29, 0.717) is 37.5 Å². The highest BCUT2D eigenvalue weighted by Gasteiger charge is 2.29. The Balaban J connectivity index is 1.50. The molecule has 1 heterocycles. The maximum absolute atomic E-state index is 13.0. The van der Waals surface area contributed by atoms with Crippen LogP contribution in [0.1, 0.15) is 12.5 Å². The normalized spacial score (nSPS) is 16.4. The van der Waals surface area contributed by atoms with E-state index < -0.39 is 10.0 Å². The fraction of sp³-hybridized carbons (Fsp3) is 0.300. The Bertz CT molecular complexity index is 1020. The van der Waals surface area contributed by atoms with E-state index in [9.17, 15) is 17.6 Å². The molecule has 1 N–H and O–H groups in total. The monoisotopic (exact) mass is 496 g/mol. The molecule has 30 heavy (non-hydrogen) atoms. The van der Waals surface area contributed by atoms with Crippen molar-refractivity contribution in [1.82, 2.24) is 14.6 Å². The van der Waals surface area contributed by atoms with Gasteiger partial charge in [-0.2, -0.15) is 9.41 Å². The summed E-state index contributed by atoms with van der Waals surface area (Å²) in [4.78, 5) is 14.3. The topological polar surface area (TPSA) is 82.1 Å². The van der Waals surface area contributed by atoms with E-state index in [1.807, 2.05) is 4.90 Å². The van der Waals surface area contributed by atoms with Crippen molar-refractivity contribution >= 4 is 37.6 Å². The molecule has 1 saturated heterocycles. The van der Waals surface area contributed by atoms with Crippen LogP contribution in [0.4, 0.5) is 4.39 Å². The molecule has 1 aliphatic heterocycles. The van der Waals surface area contributed by atoms with Crippen molar-refractivity contribution in [1.29, 1.82) is 0 Å². The summed E-state index contributed by atoms with van der Waals surface area (Å²) in [6.07, 6.45) is 0. The summed E-state index contributed by atoms with van der Waals surface area (Å²) < 4.78 is 40.7. The van der Waals surface area contributed by atoms with Crippen molar-refractivity contribution in [2.45, 2.75) is 11.8 Å². The second-order valence-electron chi connectivity index (χ2n) is 6.87. The lowest BCUT2D eigenvalue weighted by Crippen LogP contribution is -2.50. The summed E-state index contributed by atoms with van der Waals surface area (Å²) in [5.41, 5.74) is 3.77. The average Bonchev–Trinajstić information content (AvgIpc) is 2.73. The first-order valence-electron chi connectivity index (χ1n) is 9.33. The minimum atomic E-state index is -3.55. The summed E-state index contributed by atoms with van der Waals surface area (Å²) in [5, 5.41) is 4.05. The van der Waals surface area contributed by atoms with Gasteiger partial charge < -0.3 is 0 Å². The molecule has 0 aliphatic carbocycles. The summed E-state index contributed by atoms with van der Waals surface area (Å²) in [5.74, 6) is -0.627. The Labute approximate surface area is 183 Å². The van der Waals surface area contributed by atoms with Gasteiger partial charge in [0.15, 0.2) is 0 Å². The van der Waals surface area contributed by atoms with Crippen molar-refractivity contribution in [3.63, 3.8) is 0 Å². The van der Waals surface area contributed by atoms with E-state index in [-0.39, 0.29) is 23.2 Å². The fourth-order valence-electron chi connectivity index (χ4n) is 3.02. The van der Waals surface area contributed by atoms with Crippen LogP contribution in [0.25, 0.3) is 0 Å². The highest BCUT2D eigenvalue weighted by atomic mass is 79.9. The average molecular weight is 497 g/mol. The van der Waals surface area contributed by atoms with Gasteiger partial charge in [-0.3, -0.25) is 9.69 Å². The number of halogens is 2. The third kappa shape index (κ3) is 5.72. The SMILES string of the molecule is C/C(=N/NC(=O)CN1CCN(S(=O)(=O)c2ccc(Br)cc2)CC1)c1ccc(F)cc1. The Morgan fingerprint density at radius 2 is 1.67 bits per heavy atom. The van der Waals surface area contributed by atoms with Crippen molar-refractivity contribution in [2.24, 2.45) is 5.10 Å². The van der Waals surface area contributed by atoms with Crippen LogP contribution in [0.5, 0.6) is 0 Å². The number of nitrogens with one attached hydrogen (secondary N) is 1. The lowest BCUT2D eigenvalue weighted by molar-refractivity contribution is -0.122. The lowest BCUT2D eigenvalue weighted by atomic mass is 10.1. The zero-order valence-corrected chi connectivity index (χ0v) is 18.8. The van der Waals surface area contributed by atoms with Crippen LogP contribution < -0.4 is 5.43 Å². The van der Waals surface area contributed by atoms with E-state index in [1.54, 1.807) is 43.3 Å². The van der Waals surface area contributed by atoms with Crippen LogP contribution in [-0.2, 0) is 14.8 Å². The van der Waals surface area contributed by atoms with E-state index in [0.717, 1.165) is 4.47 Å². The van der Waals surface area contributed by atoms with Gasteiger partial charge in [-0.05, 0) is 48.9 Å². The minimum Gasteiger partial charge on any atom is -0.292 e. The zero-order valence-electron chi connectivity index (χ0n) is 16.4. The predicted octanol–water partition coefficient (Wildman–Crippen LogP) is 2.43. The summed E-state index contributed by atoms with van der Waals surface area (Å²) >= 11 is 3.30. The quantitative estimate of drug-likeness (QED) is 0.491. The van der Waals surface area contributed by atoms with Crippen LogP contribution in [0.15, 0.2) is 63.0 Å². The maximum atomic E-state index is 13.0. The first-order valence-corrected chi connectivity index (χ1v) is 11.6. The zero-order chi connectivity index (χ0) is 21.7. The van der Waals surface area contributed by atoms with Crippen molar-refractivity contribution in [3.8, 4) is 0 Å². The number of amides is 1. The van der Waals surface area contributed by atoms with Crippen LogP contribution in [0, 0.1) is 5.82 Å². The third-order valence-corrected chi connectivity index (χ3v) is 7.20. The molecule has 0 bridgehead atoms. The molecule has 160 valence electrons. The number of piperazine rings is 1. The van der Waals surface area contributed by atoms with Gasteiger partial charge in [0.2, 0.25) is 10.0 Å². The van der Waals surface area contributed by atoms with Gasteiger partial charge >= 0.3 is 0 Å². The van der Waals surface area contributed by atoms with Gasteiger partial charge in [0.25, 0.3) is 5.91 Å². The Morgan fingerprint density at radius 1 is 1.07 bits per heavy atom. The highest BCUT2D eigenvalue weighted by Crippen LogP contribution is 2.20. The predicted molar refractivity (Wildman–Crippen MR) is 116 cm³/mol. The molecule has 0 unspecified atom stereocenters. The molecule has 0 radical (unpaired) electrons. The number of hydrogen-bond acceptors (Lipinski definition) is 5. The highest BCUT2D eigenvalue weighted by molar-refractivity contribution is 9.10. The standard InChI is InChI=1S/C20H22BrFN4O3S/c1-15(16-2-6-18(22)7-3-16)23-24-20(27)14-25-10-12-26(13-11-25)30(28,29)19-8-4-17(21)5-9-19/h2-9H,10-14H2,1H3,(H,24,27)/b23-15-. The Morgan fingerprint density at radius 3 is 2.27 bits per heavy atom. The van der Waals surface area contributed by atoms with E-state index in [2.05, 4.69) is 26.5 Å². The van der Waals surface area contributed by atoms with E-state index >= 15 is 0 Å². The molecular weight excluding hydrogens is 475 g/mol. The Kier molecular flexibility index (Phi) is 7.35. The number of hydrogen-bond donors (Lipinski definition) is 1. The third-order valence-electron chi connectivity index (χ3n) is 4.76. The van der Waals surface area contributed by atoms with Gasteiger partial charge in [-0.1, -0.05) is 28.1 Å². The lowest BCUT2D eigenvalue weighted by Gasteiger charge is -2.33. The van der Waals surface area contributed by atoms with Crippen molar-refractivity contribution in [3.05, 3.63) is 64.4 Å². The molecule has 10 heteroatoms. The minimum absolute atomic E-state index is 0.117.